The number of carbonyl (C=O) groups excluding carboxylic acids is 1. The van der Waals surface area contributed by atoms with Gasteiger partial charge < -0.3 is 9.38 Å². The number of hydrogen-bond acceptors (Lipinski definition) is 2. The largest absolute Gasteiger partial charge is 0.318 e. The van der Waals surface area contributed by atoms with Crippen LogP contribution in [0.3, 0.4) is 0 Å². The van der Waals surface area contributed by atoms with Crippen molar-refractivity contribution < 1.29 is 9.28 Å². The van der Waals surface area contributed by atoms with Gasteiger partial charge in [0.1, 0.15) is 0 Å². The molecular formula is C17H24N3O+. The highest BCUT2D eigenvalue weighted by molar-refractivity contribution is 6.00. The first kappa shape index (κ1) is 15.5. The lowest BCUT2D eigenvalue weighted by Gasteiger charge is -2.33. The van der Waals surface area contributed by atoms with E-state index in [0.717, 1.165) is 40.8 Å². The summed E-state index contributed by atoms with van der Waals surface area (Å²) in [5, 5.41) is 9.04. The lowest BCUT2D eigenvalue weighted by atomic mass is 10.0. The fourth-order valence-corrected chi connectivity index (χ4v) is 3.20. The van der Waals surface area contributed by atoms with Crippen molar-refractivity contribution >= 4 is 11.6 Å². The van der Waals surface area contributed by atoms with Crippen LogP contribution >= 0.6 is 0 Å². The predicted molar refractivity (Wildman–Crippen MR) is 84.0 cm³/mol. The number of amides is 1. The minimum Gasteiger partial charge on any atom is -0.318 e. The first-order valence-corrected chi connectivity index (χ1v) is 7.47. The molecule has 1 aliphatic heterocycles. The van der Waals surface area contributed by atoms with Crippen molar-refractivity contribution in [1.82, 2.24) is 0 Å². The third-order valence-electron chi connectivity index (χ3n) is 4.73. The van der Waals surface area contributed by atoms with Gasteiger partial charge >= 0.3 is 0 Å². The van der Waals surface area contributed by atoms with Gasteiger partial charge in [-0.2, -0.15) is 5.26 Å². The van der Waals surface area contributed by atoms with E-state index in [-0.39, 0.29) is 11.9 Å². The fourth-order valence-electron chi connectivity index (χ4n) is 3.20. The normalized spacial score (nSPS) is 19.0. The molecule has 0 radical (unpaired) electrons. The maximum atomic E-state index is 12.8. The Morgan fingerprint density at radius 3 is 2.38 bits per heavy atom. The number of likely N-dealkylation sites (N-methyl/N-ethyl adjacent to an activating group) is 1. The van der Waals surface area contributed by atoms with Gasteiger partial charge in [0.25, 0.3) is 5.91 Å². The summed E-state index contributed by atoms with van der Waals surface area (Å²) in [4.78, 5) is 14.7. The van der Waals surface area contributed by atoms with Gasteiger partial charge in [-0.25, -0.2) is 0 Å². The summed E-state index contributed by atoms with van der Waals surface area (Å²) in [5.74, 6) is 0.206. The zero-order chi connectivity index (χ0) is 15.8. The van der Waals surface area contributed by atoms with Crippen LogP contribution in [0.15, 0.2) is 12.1 Å². The number of quaternary nitrogens is 1. The van der Waals surface area contributed by atoms with Gasteiger partial charge in [0.2, 0.25) is 0 Å². The molecule has 2 rings (SSSR count). The molecule has 4 nitrogen and oxygen atoms in total. The Kier molecular flexibility index (Phi) is 4.06. The molecule has 1 atom stereocenters. The Hall–Kier alpha value is -1.86. The maximum absolute atomic E-state index is 12.8. The van der Waals surface area contributed by atoms with Crippen LogP contribution in [-0.4, -0.2) is 43.6 Å². The average molecular weight is 286 g/mol. The molecule has 0 aromatic heterocycles. The van der Waals surface area contributed by atoms with Gasteiger partial charge in [0, 0.05) is 18.7 Å². The summed E-state index contributed by atoms with van der Waals surface area (Å²) in [7, 11) is 4.23. The van der Waals surface area contributed by atoms with E-state index >= 15 is 0 Å². The number of hydrogen-bond donors (Lipinski definition) is 0. The first-order valence-electron chi connectivity index (χ1n) is 7.47. The van der Waals surface area contributed by atoms with E-state index in [1.54, 1.807) is 0 Å². The Morgan fingerprint density at radius 1 is 1.33 bits per heavy atom. The van der Waals surface area contributed by atoms with Crippen LogP contribution < -0.4 is 4.90 Å². The molecule has 112 valence electrons. The van der Waals surface area contributed by atoms with Crippen molar-refractivity contribution in [3.63, 3.8) is 0 Å². The minimum absolute atomic E-state index is 0.0319. The lowest BCUT2D eigenvalue weighted by molar-refractivity contribution is -0.903. The van der Waals surface area contributed by atoms with Gasteiger partial charge in [-0.05, 0) is 44.0 Å². The predicted octanol–water partition coefficient (Wildman–Crippen LogP) is 2.38. The molecule has 1 aliphatic rings. The van der Waals surface area contributed by atoms with Gasteiger partial charge in [0.15, 0.2) is 6.04 Å². The SMILES string of the molecule is CC[N+](C)(C)C1CCN(c2c(C)cc(C#N)cc2C)C1=O. The Bertz CT molecular complexity index is 590. The third-order valence-corrected chi connectivity index (χ3v) is 4.73. The highest BCUT2D eigenvalue weighted by Gasteiger charge is 2.43. The van der Waals surface area contributed by atoms with Crippen LogP contribution in [0.5, 0.6) is 0 Å². The molecule has 21 heavy (non-hydrogen) atoms. The molecule has 1 fully saturated rings. The van der Waals surface area contributed by atoms with Gasteiger partial charge in [-0.1, -0.05) is 0 Å². The molecular weight excluding hydrogens is 262 g/mol. The van der Waals surface area contributed by atoms with Crippen LogP contribution in [0.25, 0.3) is 0 Å². The molecule has 1 heterocycles. The summed E-state index contributed by atoms with van der Waals surface area (Å²) in [6, 6.07) is 5.93. The highest BCUT2D eigenvalue weighted by Crippen LogP contribution is 2.32. The zero-order valence-corrected chi connectivity index (χ0v) is 13.6. The number of rotatable bonds is 3. The van der Waals surface area contributed by atoms with Crippen molar-refractivity contribution in [2.45, 2.75) is 33.2 Å². The Morgan fingerprint density at radius 2 is 1.90 bits per heavy atom. The molecule has 1 aromatic carbocycles. The summed E-state index contributed by atoms with van der Waals surface area (Å²) < 4.78 is 0.726. The number of benzene rings is 1. The highest BCUT2D eigenvalue weighted by atomic mass is 16.2. The topological polar surface area (TPSA) is 44.1 Å². The number of nitriles is 1. The number of carbonyl (C=O) groups is 1. The number of aryl methyl sites for hydroxylation is 2. The van der Waals surface area contributed by atoms with Crippen LogP contribution in [0.2, 0.25) is 0 Å². The molecule has 1 saturated heterocycles. The van der Waals surface area contributed by atoms with Crippen LogP contribution in [-0.2, 0) is 4.79 Å². The minimum atomic E-state index is 0.0319. The summed E-state index contributed by atoms with van der Waals surface area (Å²) in [6.45, 7) is 7.77. The van der Waals surface area contributed by atoms with Gasteiger partial charge in [-0.15, -0.1) is 0 Å². The molecule has 4 heteroatoms. The third kappa shape index (κ3) is 2.66. The Labute approximate surface area is 127 Å². The van der Waals surface area contributed by atoms with Crippen LogP contribution in [0, 0.1) is 25.2 Å². The van der Waals surface area contributed by atoms with E-state index < -0.39 is 0 Å². The van der Waals surface area contributed by atoms with Crippen LogP contribution in [0.4, 0.5) is 5.69 Å². The number of nitrogens with zero attached hydrogens (tertiary/aromatic N) is 3. The summed E-state index contributed by atoms with van der Waals surface area (Å²) >= 11 is 0. The molecule has 0 saturated carbocycles. The lowest BCUT2D eigenvalue weighted by Crippen LogP contribution is -2.52. The van der Waals surface area contributed by atoms with Gasteiger partial charge in [-0.3, -0.25) is 4.79 Å². The van der Waals surface area contributed by atoms with E-state index in [9.17, 15) is 4.79 Å². The molecule has 0 bridgehead atoms. The van der Waals surface area contributed by atoms with E-state index in [4.69, 9.17) is 5.26 Å². The van der Waals surface area contributed by atoms with Crippen molar-refractivity contribution in [3.8, 4) is 6.07 Å². The second-order valence-electron chi connectivity index (χ2n) is 6.46. The zero-order valence-electron chi connectivity index (χ0n) is 13.6. The van der Waals surface area contributed by atoms with E-state index in [0.29, 0.717) is 5.56 Å². The monoisotopic (exact) mass is 286 g/mol. The molecule has 1 amide bonds. The first-order chi connectivity index (χ1) is 9.81. The standard InChI is InChI=1S/C17H24N3O/c1-6-20(4,5)15-7-8-19(17(15)21)16-12(2)9-14(11-18)10-13(16)3/h9-10,15H,6-8H2,1-5H3/q+1. The van der Waals surface area contributed by atoms with Gasteiger partial charge in [0.05, 0.1) is 32.3 Å². The molecule has 1 unspecified atom stereocenters. The van der Waals surface area contributed by atoms with Crippen molar-refractivity contribution in [3.05, 3.63) is 28.8 Å². The molecule has 1 aromatic rings. The second-order valence-corrected chi connectivity index (χ2v) is 6.46. The summed E-state index contributed by atoms with van der Waals surface area (Å²) in [5.41, 5.74) is 3.64. The van der Waals surface area contributed by atoms with E-state index in [2.05, 4.69) is 27.1 Å². The van der Waals surface area contributed by atoms with Crippen molar-refractivity contribution in [2.75, 3.05) is 32.1 Å². The quantitative estimate of drug-likeness (QED) is 0.801. The Balaban J connectivity index is 2.38. The average Bonchev–Trinajstić information content (AvgIpc) is 2.80. The van der Waals surface area contributed by atoms with E-state index in [1.165, 1.54) is 0 Å². The van der Waals surface area contributed by atoms with Crippen LogP contribution in [0.1, 0.15) is 30.0 Å². The van der Waals surface area contributed by atoms with Crippen molar-refractivity contribution in [2.24, 2.45) is 0 Å². The second kappa shape index (κ2) is 5.50. The fraction of sp³-hybridized carbons (Fsp3) is 0.529. The van der Waals surface area contributed by atoms with E-state index in [1.807, 2.05) is 30.9 Å². The smallest absolute Gasteiger partial charge is 0.285 e. The van der Waals surface area contributed by atoms with Crippen molar-refractivity contribution in [1.29, 1.82) is 5.26 Å². The molecule has 0 N–H and O–H groups in total. The molecule has 0 spiro atoms. The maximum Gasteiger partial charge on any atom is 0.285 e. The number of anilines is 1. The molecule has 0 aliphatic carbocycles. The summed E-state index contributed by atoms with van der Waals surface area (Å²) in [6.07, 6.45) is 0.887.